The lowest BCUT2D eigenvalue weighted by Gasteiger charge is -2.22. The molecule has 146 valence electrons. The normalized spacial score (nSPS) is 15.5. The van der Waals surface area contributed by atoms with E-state index in [1.54, 1.807) is 40.1 Å². The van der Waals surface area contributed by atoms with Crippen LogP contribution in [0.2, 0.25) is 0 Å². The lowest BCUT2D eigenvalue weighted by atomic mass is 10.1. The molecule has 1 aromatic carbocycles. The highest BCUT2D eigenvalue weighted by atomic mass is 16.5. The van der Waals surface area contributed by atoms with Crippen molar-refractivity contribution in [3.8, 4) is 5.75 Å². The number of hydrogen-bond acceptors (Lipinski definition) is 4. The summed E-state index contributed by atoms with van der Waals surface area (Å²) in [6.07, 6.45) is 2.43. The van der Waals surface area contributed by atoms with Crippen LogP contribution in [0.25, 0.3) is 0 Å². The molecular weight excluding hydrogens is 344 g/mol. The van der Waals surface area contributed by atoms with Gasteiger partial charge in [-0.15, -0.1) is 0 Å². The minimum absolute atomic E-state index is 0.00681. The third-order valence-corrected chi connectivity index (χ3v) is 4.70. The molecule has 1 aliphatic rings. The molecule has 0 unspecified atom stereocenters. The van der Waals surface area contributed by atoms with Crippen molar-refractivity contribution in [2.75, 3.05) is 26.2 Å². The molecule has 27 heavy (non-hydrogen) atoms. The van der Waals surface area contributed by atoms with E-state index in [1.807, 2.05) is 6.92 Å². The minimum Gasteiger partial charge on any atom is -0.427 e. The smallest absolute Gasteiger partial charge is 0.308 e. The lowest BCUT2D eigenvalue weighted by molar-refractivity contribution is -0.132. The van der Waals surface area contributed by atoms with E-state index in [9.17, 15) is 14.4 Å². The molecule has 1 heterocycles. The number of hydrogen-bond donors (Lipinski definition) is 0. The van der Waals surface area contributed by atoms with Gasteiger partial charge in [-0.1, -0.05) is 25.5 Å². The summed E-state index contributed by atoms with van der Waals surface area (Å²) in [6.45, 7) is 9.63. The van der Waals surface area contributed by atoms with Crippen molar-refractivity contribution >= 4 is 17.8 Å². The SMILES string of the molecule is CC(=O)Oc1cccc(C(=O)N2CCCN(C(=O)/C=C(\C)C(C)C)CC2)c1. The molecule has 0 aromatic heterocycles. The van der Waals surface area contributed by atoms with Crippen LogP contribution in [0.5, 0.6) is 5.75 Å². The van der Waals surface area contributed by atoms with Gasteiger partial charge in [0.2, 0.25) is 5.91 Å². The van der Waals surface area contributed by atoms with Gasteiger partial charge in [0.1, 0.15) is 5.75 Å². The molecule has 0 radical (unpaired) electrons. The fourth-order valence-corrected chi connectivity index (χ4v) is 2.83. The Morgan fingerprint density at radius 2 is 1.70 bits per heavy atom. The van der Waals surface area contributed by atoms with Gasteiger partial charge < -0.3 is 14.5 Å². The van der Waals surface area contributed by atoms with Crippen LogP contribution in [-0.2, 0) is 9.59 Å². The molecular formula is C21H28N2O4. The van der Waals surface area contributed by atoms with E-state index >= 15 is 0 Å². The van der Waals surface area contributed by atoms with Crippen LogP contribution in [0.3, 0.4) is 0 Å². The standard InChI is InChI=1S/C21H28N2O4/c1-15(2)16(3)13-20(25)22-9-6-10-23(12-11-22)21(26)18-7-5-8-19(14-18)27-17(4)24/h5,7-8,13-15H,6,9-12H2,1-4H3/b16-13+. The third kappa shape index (κ3) is 5.94. The Balaban J connectivity index is 2.03. The van der Waals surface area contributed by atoms with Crippen LogP contribution >= 0.6 is 0 Å². The summed E-state index contributed by atoms with van der Waals surface area (Å²) in [5, 5.41) is 0. The van der Waals surface area contributed by atoms with Gasteiger partial charge in [-0.3, -0.25) is 14.4 Å². The highest BCUT2D eigenvalue weighted by Gasteiger charge is 2.22. The van der Waals surface area contributed by atoms with Crippen molar-refractivity contribution in [3.05, 3.63) is 41.5 Å². The van der Waals surface area contributed by atoms with Crippen LogP contribution in [0, 0.1) is 5.92 Å². The molecule has 1 fully saturated rings. The molecule has 0 aliphatic carbocycles. The summed E-state index contributed by atoms with van der Waals surface area (Å²) >= 11 is 0. The largest absolute Gasteiger partial charge is 0.427 e. The maximum atomic E-state index is 12.8. The molecule has 0 N–H and O–H groups in total. The number of allylic oxidation sites excluding steroid dienone is 1. The van der Waals surface area contributed by atoms with E-state index in [-0.39, 0.29) is 11.8 Å². The monoisotopic (exact) mass is 372 g/mol. The first-order valence-corrected chi connectivity index (χ1v) is 9.32. The van der Waals surface area contributed by atoms with E-state index in [2.05, 4.69) is 13.8 Å². The van der Waals surface area contributed by atoms with Crippen LogP contribution < -0.4 is 4.74 Å². The number of carbonyl (C=O) groups excluding carboxylic acids is 3. The zero-order valence-electron chi connectivity index (χ0n) is 16.5. The van der Waals surface area contributed by atoms with Crippen LogP contribution in [0.4, 0.5) is 0 Å². The first-order chi connectivity index (χ1) is 12.8. The first kappa shape index (κ1) is 20.7. The highest BCUT2D eigenvalue weighted by Crippen LogP contribution is 2.17. The topological polar surface area (TPSA) is 66.9 Å². The second kappa shape index (κ2) is 9.35. The number of carbonyl (C=O) groups is 3. The molecule has 2 amide bonds. The van der Waals surface area contributed by atoms with Gasteiger partial charge in [-0.25, -0.2) is 0 Å². The Labute approximate surface area is 160 Å². The van der Waals surface area contributed by atoms with Crippen molar-refractivity contribution in [2.24, 2.45) is 5.92 Å². The van der Waals surface area contributed by atoms with Gasteiger partial charge in [0.05, 0.1) is 0 Å². The van der Waals surface area contributed by atoms with Crippen molar-refractivity contribution < 1.29 is 19.1 Å². The summed E-state index contributed by atoms with van der Waals surface area (Å²) in [7, 11) is 0. The Morgan fingerprint density at radius 1 is 1.04 bits per heavy atom. The zero-order chi connectivity index (χ0) is 20.0. The Morgan fingerprint density at radius 3 is 2.37 bits per heavy atom. The van der Waals surface area contributed by atoms with E-state index in [0.717, 1.165) is 12.0 Å². The van der Waals surface area contributed by atoms with Gasteiger partial charge in [0.15, 0.2) is 0 Å². The lowest BCUT2D eigenvalue weighted by Crippen LogP contribution is -2.37. The van der Waals surface area contributed by atoms with Gasteiger partial charge in [0, 0.05) is 44.7 Å². The average Bonchev–Trinajstić information content (AvgIpc) is 2.86. The van der Waals surface area contributed by atoms with Crippen LogP contribution in [0.1, 0.15) is 44.5 Å². The summed E-state index contributed by atoms with van der Waals surface area (Å²) in [5.74, 6) is 0.158. The second-order valence-electron chi connectivity index (χ2n) is 7.14. The molecule has 1 aromatic rings. The van der Waals surface area contributed by atoms with Crippen molar-refractivity contribution in [1.82, 2.24) is 9.80 Å². The van der Waals surface area contributed by atoms with E-state index in [4.69, 9.17) is 4.74 Å². The summed E-state index contributed by atoms with van der Waals surface area (Å²) in [5.41, 5.74) is 1.53. The quantitative estimate of drug-likeness (QED) is 0.463. The molecule has 6 nitrogen and oxygen atoms in total. The maximum Gasteiger partial charge on any atom is 0.308 e. The zero-order valence-corrected chi connectivity index (χ0v) is 16.5. The molecule has 0 spiro atoms. The van der Waals surface area contributed by atoms with Gasteiger partial charge >= 0.3 is 5.97 Å². The predicted molar refractivity (Wildman–Crippen MR) is 103 cm³/mol. The average molecular weight is 372 g/mol. The minimum atomic E-state index is -0.423. The number of benzene rings is 1. The number of esters is 1. The number of nitrogens with zero attached hydrogens (tertiary/aromatic N) is 2. The van der Waals surface area contributed by atoms with E-state index < -0.39 is 5.97 Å². The van der Waals surface area contributed by atoms with Gasteiger partial charge in [-0.2, -0.15) is 0 Å². The predicted octanol–water partition coefficient (Wildman–Crippen LogP) is 2.89. The van der Waals surface area contributed by atoms with Crippen LogP contribution in [0.15, 0.2) is 35.9 Å². The van der Waals surface area contributed by atoms with Gasteiger partial charge in [0.25, 0.3) is 5.91 Å². The van der Waals surface area contributed by atoms with Gasteiger partial charge in [-0.05, 0) is 37.5 Å². The Hall–Kier alpha value is -2.63. The number of ether oxygens (including phenoxy) is 1. The van der Waals surface area contributed by atoms with E-state index in [0.29, 0.717) is 43.4 Å². The highest BCUT2D eigenvalue weighted by molar-refractivity contribution is 5.95. The van der Waals surface area contributed by atoms with Crippen molar-refractivity contribution in [3.63, 3.8) is 0 Å². The molecule has 2 rings (SSSR count). The van der Waals surface area contributed by atoms with Crippen molar-refractivity contribution in [1.29, 1.82) is 0 Å². The summed E-state index contributed by atoms with van der Waals surface area (Å²) < 4.78 is 5.05. The maximum absolute atomic E-state index is 12.8. The number of amides is 2. The molecule has 0 bridgehead atoms. The molecule has 1 aliphatic heterocycles. The molecule has 1 saturated heterocycles. The summed E-state index contributed by atoms with van der Waals surface area (Å²) in [6, 6.07) is 6.62. The van der Waals surface area contributed by atoms with Crippen molar-refractivity contribution in [2.45, 2.75) is 34.1 Å². The first-order valence-electron chi connectivity index (χ1n) is 9.32. The number of rotatable bonds is 4. The molecule has 6 heteroatoms. The molecule has 0 atom stereocenters. The second-order valence-corrected chi connectivity index (χ2v) is 7.14. The third-order valence-electron chi connectivity index (χ3n) is 4.70. The van der Waals surface area contributed by atoms with Crippen LogP contribution in [-0.4, -0.2) is 53.8 Å². The Kier molecular flexibility index (Phi) is 7.16. The Bertz CT molecular complexity index is 739. The summed E-state index contributed by atoms with van der Waals surface area (Å²) in [4.78, 5) is 39.9. The molecule has 0 saturated carbocycles. The fourth-order valence-electron chi connectivity index (χ4n) is 2.83. The fraction of sp³-hybridized carbons (Fsp3) is 0.476. The van der Waals surface area contributed by atoms with E-state index in [1.165, 1.54) is 6.92 Å².